The molecular formula is C24H31NO5. The van der Waals surface area contributed by atoms with Crippen LogP contribution in [0.1, 0.15) is 59.6 Å². The maximum Gasteiger partial charge on any atom is 0.408 e. The van der Waals surface area contributed by atoms with Crippen LogP contribution >= 0.6 is 0 Å². The third-order valence-electron chi connectivity index (χ3n) is 4.79. The Labute approximate surface area is 177 Å². The molecule has 0 saturated carbocycles. The predicted octanol–water partition coefficient (Wildman–Crippen LogP) is 4.91. The van der Waals surface area contributed by atoms with Crippen LogP contribution in [-0.2, 0) is 19.0 Å². The summed E-state index contributed by atoms with van der Waals surface area (Å²) in [7, 11) is 0. The monoisotopic (exact) mass is 413 g/mol. The van der Waals surface area contributed by atoms with E-state index < -0.39 is 34.9 Å². The quantitative estimate of drug-likeness (QED) is 0.724. The Balaban J connectivity index is 2.01. The van der Waals surface area contributed by atoms with Gasteiger partial charge in [0.05, 0.1) is 6.61 Å². The molecule has 6 nitrogen and oxygen atoms in total. The van der Waals surface area contributed by atoms with Gasteiger partial charge in [-0.2, -0.15) is 0 Å². The number of carbonyl (C=O) groups is 2. The van der Waals surface area contributed by atoms with Gasteiger partial charge in [0, 0.05) is 6.42 Å². The zero-order chi connectivity index (χ0) is 22.2. The summed E-state index contributed by atoms with van der Waals surface area (Å²) in [6.07, 6.45) is -1.08. The third kappa shape index (κ3) is 4.93. The molecule has 1 heterocycles. The lowest BCUT2D eigenvalue weighted by Crippen LogP contribution is -2.59. The molecule has 1 amide bonds. The Kier molecular flexibility index (Phi) is 5.83. The second-order valence-electron chi connectivity index (χ2n) is 9.71. The zero-order valence-electron chi connectivity index (χ0n) is 18.6. The van der Waals surface area contributed by atoms with Crippen molar-refractivity contribution in [3.8, 4) is 0 Å². The summed E-state index contributed by atoms with van der Waals surface area (Å²) < 4.78 is 17.2. The van der Waals surface area contributed by atoms with Crippen LogP contribution in [0.2, 0.25) is 0 Å². The van der Waals surface area contributed by atoms with Crippen molar-refractivity contribution in [2.45, 2.75) is 70.8 Å². The molecule has 1 N–H and O–H groups in total. The van der Waals surface area contributed by atoms with Gasteiger partial charge in [-0.1, -0.05) is 36.4 Å². The summed E-state index contributed by atoms with van der Waals surface area (Å²) in [6.45, 7) is 11.0. The molecule has 3 rings (SSSR count). The Bertz CT molecular complexity index is 940. The fraction of sp³-hybridized carbons (Fsp3) is 0.500. The van der Waals surface area contributed by atoms with Gasteiger partial charge in [-0.3, -0.25) is 0 Å². The van der Waals surface area contributed by atoms with Gasteiger partial charge in [0.15, 0.2) is 5.54 Å². The largest absolute Gasteiger partial charge is 0.458 e. The van der Waals surface area contributed by atoms with E-state index >= 15 is 0 Å². The van der Waals surface area contributed by atoms with E-state index in [2.05, 4.69) is 5.32 Å². The number of nitrogens with one attached hydrogen (secondary N) is 1. The Morgan fingerprint density at radius 3 is 2.23 bits per heavy atom. The van der Waals surface area contributed by atoms with Gasteiger partial charge < -0.3 is 19.5 Å². The average Bonchev–Trinajstić information content (AvgIpc) is 3.03. The average molecular weight is 414 g/mol. The van der Waals surface area contributed by atoms with E-state index in [9.17, 15) is 9.59 Å². The summed E-state index contributed by atoms with van der Waals surface area (Å²) in [5.74, 6) is -0.531. The first-order valence-electron chi connectivity index (χ1n) is 10.2. The lowest BCUT2D eigenvalue weighted by atomic mass is 9.86. The predicted molar refractivity (Wildman–Crippen MR) is 115 cm³/mol. The van der Waals surface area contributed by atoms with Crippen LogP contribution in [0.25, 0.3) is 10.8 Å². The Hall–Kier alpha value is -2.60. The molecule has 0 aliphatic carbocycles. The van der Waals surface area contributed by atoms with Crippen LogP contribution in [-0.4, -0.2) is 35.4 Å². The van der Waals surface area contributed by atoms with Gasteiger partial charge in [-0.15, -0.1) is 0 Å². The highest BCUT2D eigenvalue weighted by atomic mass is 16.6. The molecule has 0 bridgehead atoms. The minimum absolute atomic E-state index is 0.290. The first-order chi connectivity index (χ1) is 13.9. The van der Waals surface area contributed by atoms with E-state index in [0.29, 0.717) is 13.0 Å². The van der Waals surface area contributed by atoms with Crippen molar-refractivity contribution in [1.82, 2.24) is 5.32 Å². The summed E-state index contributed by atoms with van der Waals surface area (Å²) in [4.78, 5) is 26.0. The topological polar surface area (TPSA) is 73.9 Å². The number of esters is 1. The summed E-state index contributed by atoms with van der Waals surface area (Å²) in [5.41, 5.74) is -1.99. The number of carbonyl (C=O) groups excluding carboxylic acids is 2. The minimum Gasteiger partial charge on any atom is -0.458 e. The molecular weight excluding hydrogens is 382 g/mol. The van der Waals surface area contributed by atoms with Crippen molar-refractivity contribution in [3.63, 3.8) is 0 Å². The molecule has 1 saturated heterocycles. The van der Waals surface area contributed by atoms with E-state index in [1.807, 2.05) is 42.5 Å². The van der Waals surface area contributed by atoms with Gasteiger partial charge in [-0.25, -0.2) is 9.59 Å². The van der Waals surface area contributed by atoms with Crippen LogP contribution in [0, 0.1) is 0 Å². The fourth-order valence-electron chi connectivity index (χ4n) is 3.61. The summed E-state index contributed by atoms with van der Waals surface area (Å²) >= 11 is 0. The maximum atomic E-state index is 13.4. The molecule has 1 aliphatic rings. The van der Waals surface area contributed by atoms with Crippen molar-refractivity contribution in [1.29, 1.82) is 0 Å². The minimum atomic E-state index is -1.38. The molecule has 1 aliphatic heterocycles. The molecule has 2 aromatic rings. The first-order valence-corrected chi connectivity index (χ1v) is 10.2. The van der Waals surface area contributed by atoms with E-state index in [0.717, 1.165) is 16.3 Å². The summed E-state index contributed by atoms with van der Waals surface area (Å²) in [5, 5.41) is 4.92. The molecule has 30 heavy (non-hydrogen) atoms. The SMILES string of the molecule is CC(C)(C)OC(=O)N[C@@]1(C(=O)OC(C)(C)C)CCO[C@@H]1c1ccc2ccccc2c1. The smallest absolute Gasteiger partial charge is 0.408 e. The van der Waals surface area contributed by atoms with E-state index in [1.54, 1.807) is 41.5 Å². The van der Waals surface area contributed by atoms with Gasteiger partial charge in [0.1, 0.15) is 17.3 Å². The van der Waals surface area contributed by atoms with Crippen LogP contribution in [0.5, 0.6) is 0 Å². The molecule has 2 aromatic carbocycles. The molecule has 0 radical (unpaired) electrons. The molecule has 2 atom stereocenters. The number of hydrogen-bond acceptors (Lipinski definition) is 5. The lowest BCUT2D eigenvalue weighted by molar-refractivity contribution is -0.166. The van der Waals surface area contributed by atoms with Crippen molar-refractivity contribution < 1.29 is 23.8 Å². The van der Waals surface area contributed by atoms with Crippen LogP contribution in [0.3, 0.4) is 0 Å². The molecule has 0 spiro atoms. The van der Waals surface area contributed by atoms with Crippen LogP contribution in [0.15, 0.2) is 42.5 Å². The highest BCUT2D eigenvalue weighted by Crippen LogP contribution is 2.41. The number of benzene rings is 2. The normalized spacial score (nSPS) is 22.0. The van der Waals surface area contributed by atoms with Gasteiger partial charge in [0.25, 0.3) is 0 Å². The second-order valence-corrected chi connectivity index (χ2v) is 9.71. The maximum absolute atomic E-state index is 13.4. The van der Waals surface area contributed by atoms with E-state index in [4.69, 9.17) is 14.2 Å². The van der Waals surface area contributed by atoms with Gasteiger partial charge >= 0.3 is 12.1 Å². The summed E-state index contributed by atoms with van der Waals surface area (Å²) in [6, 6.07) is 13.9. The molecule has 162 valence electrons. The number of fused-ring (bicyclic) bond motifs is 1. The van der Waals surface area contributed by atoms with Crippen LogP contribution in [0.4, 0.5) is 4.79 Å². The highest BCUT2D eigenvalue weighted by molar-refractivity contribution is 5.88. The molecule has 0 aromatic heterocycles. The number of rotatable bonds is 3. The number of alkyl carbamates (subject to hydrolysis) is 1. The third-order valence-corrected chi connectivity index (χ3v) is 4.79. The molecule has 0 unspecified atom stereocenters. The number of amides is 1. The van der Waals surface area contributed by atoms with Crippen molar-refractivity contribution in [2.24, 2.45) is 0 Å². The van der Waals surface area contributed by atoms with E-state index in [-0.39, 0.29) is 0 Å². The number of hydrogen-bond donors (Lipinski definition) is 1. The molecule has 6 heteroatoms. The van der Waals surface area contributed by atoms with Gasteiger partial charge in [-0.05, 0) is 63.9 Å². The Morgan fingerprint density at radius 1 is 0.967 bits per heavy atom. The lowest BCUT2D eigenvalue weighted by Gasteiger charge is -2.36. The van der Waals surface area contributed by atoms with E-state index in [1.165, 1.54) is 0 Å². The van der Waals surface area contributed by atoms with Crippen molar-refractivity contribution >= 4 is 22.8 Å². The van der Waals surface area contributed by atoms with Crippen LogP contribution < -0.4 is 5.32 Å². The van der Waals surface area contributed by atoms with Gasteiger partial charge in [0.2, 0.25) is 0 Å². The first kappa shape index (κ1) is 22.1. The molecule has 1 fully saturated rings. The Morgan fingerprint density at radius 2 is 1.60 bits per heavy atom. The van der Waals surface area contributed by atoms with Crippen molar-refractivity contribution in [3.05, 3.63) is 48.0 Å². The fourth-order valence-corrected chi connectivity index (χ4v) is 3.61. The van der Waals surface area contributed by atoms with Crippen molar-refractivity contribution in [2.75, 3.05) is 6.61 Å². The zero-order valence-corrected chi connectivity index (χ0v) is 18.6. The second kappa shape index (κ2) is 7.91. The standard InChI is InChI=1S/C24H31NO5/c1-22(2,3)29-20(26)24(25-21(27)30-23(4,5)6)13-14-28-19(24)18-12-11-16-9-7-8-10-17(16)15-18/h7-12,15,19H,13-14H2,1-6H3,(H,25,27)/t19-,24+/m1/s1. The highest BCUT2D eigenvalue weighted by Gasteiger charge is 2.55. The number of ether oxygens (including phenoxy) is 3.